The highest BCUT2D eigenvalue weighted by atomic mass is 32.2. The number of rotatable bonds is 7. The Morgan fingerprint density at radius 3 is 2.64 bits per heavy atom. The fraction of sp³-hybridized carbons (Fsp3) is 0.0909. The Labute approximate surface area is 193 Å². The molecule has 7 N–H and O–H groups in total. The molecule has 168 valence electrons. The van der Waals surface area contributed by atoms with Crippen LogP contribution in [0.15, 0.2) is 69.5 Å². The van der Waals surface area contributed by atoms with Gasteiger partial charge in [0.25, 0.3) is 5.91 Å². The number of hydrazone groups is 1. The molecule has 0 unspecified atom stereocenters. The Balaban J connectivity index is 1.92. The first-order valence-electron chi connectivity index (χ1n) is 9.58. The number of carbonyl (C=O) groups excluding carboxylic acids is 1. The standard InChI is InChI=1S/C22H21N7O3S/c1-32-16-7-5-15(6-8-16)26-21(31)14-4-2-3-13(9-14)17-10-20(30)27-22(18(17)11-23)33-12-19(28-24)29-25/h2-10H,12,24-25H2,1H3,(H,26,31)(H,27,30)(H,28,29). The van der Waals surface area contributed by atoms with Crippen LogP contribution in [0.4, 0.5) is 5.69 Å². The van der Waals surface area contributed by atoms with E-state index in [-0.39, 0.29) is 23.1 Å². The van der Waals surface area contributed by atoms with Crippen LogP contribution in [0.3, 0.4) is 0 Å². The summed E-state index contributed by atoms with van der Waals surface area (Å²) in [5, 5.41) is 16.4. The first-order chi connectivity index (χ1) is 16.0. The van der Waals surface area contributed by atoms with E-state index in [1.54, 1.807) is 55.6 Å². The molecule has 0 saturated carbocycles. The fourth-order valence-corrected chi connectivity index (χ4v) is 3.86. The summed E-state index contributed by atoms with van der Waals surface area (Å²) >= 11 is 1.15. The van der Waals surface area contributed by atoms with E-state index in [1.807, 2.05) is 0 Å². The number of hydrogen-bond donors (Lipinski definition) is 5. The molecule has 0 spiro atoms. The van der Waals surface area contributed by atoms with Crippen molar-refractivity contribution >= 4 is 29.2 Å². The number of pyridine rings is 1. The van der Waals surface area contributed by atoms with Crippen LogP contribution in [0.5, 0.6) is 5.75 Å². The number of carbonyl (C=O) groups is 1. The van der Waals surface area contributed by atoms with Gasteiger partial charge in [0.2, 0.25) is 5.56 Å². The number of hydrazine groups is 1. The van der Waals surface area contributed by atoms with Crippen LogP contribution in [0, 0.1) is 11.3 Å². The number of anilines is 1. The number of aromatic nitrogens is 1. The van der Waals surface area contributed by atoms with Gasteiger partial charge in [0.05, 0.1) is 23.5 Å². The maximum atomic E-state index is 12.8. The number of methoxy groups -OCH3 is 1. The van der Waals surface area contributed by atoms with E-state index in [1.165, 1.54) is 6.07 Å². The molecule has 10 nitrogen and oxygen atoms in total. The number of amidine groups is 1. The number of nitriles is 1. The van der Waals surface area contributed by atoms with Crippen molar-refractivity contribution in [2.75, 3.05) is 18.2 Å². The Morgan fingerprint density at radius 2 is 2.00 bits per heavy atom. The van der Waals surface area contributed by atoms with E-state index < -0.39 is 5.56 Å². The second-order valence-corrected chi connectivity index (χ2v) is 7.62. The summed E-state index contributed by atoms with van der Waals surface area (Å²) in [6, 6.07) is 17.1. The Morgan fingerprint density at radius 1 is 1.24 bits per heavy atom. The lowest BCUT2D eigenvalue weighted by atomic mass is 10.00. The molecule has 11 heteroatoms. The summed E-state index contributed by atoms with van der Waals surface area (Å²) in [5.74, 6) is 11.4. The summed E-state index contributed by atoms with van der Waals surface area (Å²) in [5.41, 5.74) is 4.11. The first-order valence-corrected chi connectivity index (χ1v) is 10.6. The summed E-state index contributed by atoms with van der Waals surface area (Å²) in [6.45, 7) is 0. The van der Waals surface area contributed by atoms with E-state index >= 15 is 0 Å². The van der Waals surface area contributed by atoms with Gasteiger partial charge in [-0.3, -0.25) is 9.59 Å². The third-order valence-electron chi connectivity index (χ3n) is 4.58. The molecular weight excluding hydrogens is 442 g/mol. The summed E-state index contributed by atoms with van der Waals surface area (Å²) < 4.78 is 5.12. The lowest BCUT2D eigenvalue weighted by Crippen LogP contribution is -2.33. The van der Waals surface area contributed by atoms with Crippen LogP contribution in [-0.2, 0) is 0 Å². The van der Waals surface area contributed by atoms with Gasteiger partial charge in [-0.1, -0.05) is 23.9 Å². The number of thioether (sulfide) groups is 1. The first kappa shape index (κ1) is 23.4. The van der Waals surface area contributed by atoms with E-state index in [4.69, 9.17) is 16.4 Å². The van der Waals surface area contributed by atoms with Crippen molar-refractivity contribution in [3.05, 3.63) is 76.1 Å². The monoisotopic (exact) mass is 463 g/mol. The second kappa shape index (κ2) is 10.9. The van der Waals surface area contributed by atoms with Crippen molar-refractivity contribution in [2.45, 2.75) is 5.03 Å². The number of ether oxygens (including phenoxy) is 1. The average molecular weight is 464 g/mol. The van der Waals surface area contributed by atoms with Gasteiger partial charge in [0, 0.05) is 22.9 Å². The van der Waals surface area contributed by atoms with Crippen LogP contribution < -0.4 is 32.7 Å². The third-order valence-corrected chi connectivity index (χ3v) is 5.59. The minimum atomic E-state index is -0.397. The summed E-state index contributed by atoms with van der Waals surface area (Å²) in [7, 11) is 1.56. The predicted octanol–water partition coefficient (Wildman–Crippen LogP) is 2.00. The van der Waals surface area contributed by atoms with E-state index in [9.17, 15) is 14.9 Å². The number of aromatic amines is 1. The Kier molecular flexibility index (Phi) is 7.69. The second-order valence-electron chi connectivity index (χ2n) is 6.64. The van der Waals surface area contributed by atoms with E-state index in [2.05, 4.69) is 26.9 Å². The number of benzene rings is 2. The molecule has 3 aromatic rings. The zero-order chi connectivity index (χ0) is 23.8. The summed E-state index contributed by atoms with van der Waals surface area (Å²) in [4.78, 5) is 27.7. The molecule has 2 aromatic carbocycles. The van der Waals surface area contributed by atoms with Gasteiger partial charge < -0.3 is 26.3 Å². The smallest absolute Gasteiger partial charge is 0.255 e. The van der Waals surface area contributed by atoms with Gasteiger partial charge in [-0.15, -0.1) is 0 Å². The molecule has 0 bridgehead atoms. The maximum absolute atomic E-state index is 12.8. The van der Waals surface area contributed by atoms with E-state index in [0.717, 1.165) is 11.8 Å². The lowest BCUT2D eigenvalue weighted by Gasteiger charge is -2.11. The highest BCUT2D eigenvalue weighted by Gasteiger charge is 2.15. The number of hydrogen-bond acceptors (Lipinski definition) is 8. The van der Waals surface area contributed by atoms with Gasteiger partial charge in [-0.05, 0) is 42.0 Å². The zero-order valence-electron chi connectivity index (χ0n) is 17.6. The number of amides is 1. The van der Waals surface area contributed by atoms with Crippen LogP contribution in [0.25, 0.3) is 11.1 Å². The number of nitrogens with zero attached hydrogens (tertiary/aromatic N) is 2. The fourth-order valence-electron chi connectivity index (χ4n) is 2.95. The van der Waals surface area contributed by atoms with Crippen LogP contribution in [-0.4, -0.2) is 29.6 Å². The minimum Gasteiger partial charge on any atom is -0.497 e. The minimum absolute atomic E-state index is 0.214. The number of H-pyrrole nitrogens is 1. The zero-order valence-corrected chi connectivity index (χ0v) is 18.4. The van der Waals surface area contributed by atoms with Crippen LogP contribution in [0.2, 0.25) is 0 Å². The van der Waals surface area contributed by atoms with Crippen LogP contribution >= 0.6 is 11.8 Å². The summed E-state index contributed by atoms with van der Waals surface area (Å²) in [6.07, 6.45) is 0. The largest absolute Gasteiger partial charge is 0.497 e. The van der Waals surface area contributed by atoms with Gasteiger partial charge in [-0.25, -0.2) is 5.84 Å². The molecule has 0 aliphatic heterocycles. The predicted molar refractivity (Wildman–Crippen MR) is 128 cm³/mol. The van der Waals surface area contributed by atoms with Crippen molar-refractivity contribution in [1.29, 1.82) is 5.26 Å². The SMILES string of the molecule is COc1ccc(NC(=O)c2cccc(-c3cc(=O)[nH]c(SC/C(=N/N)NN)c3C#N)c2)cc1. The highest BCUT2D eigenvalue weighted by molar-refractivity contribution is 8.00. The van der Waals surface area contributed by atoms with Crippen molar-refractivity contribution in [2.24, 2.45) is 16.8 Å². The average Bonchev–Trinajstić information content (AvgIpc) is 2.84. The van der Waals surface area contributed by atoms with Crippen molar-refractivity contribution in [1.82, 2.24) is 10.4 Å². The van der Waals surface area contributed by atoms with Gasteiger partial charge >= 0.3 is 0 Å². The van der Waals surface area contributed by atoms with Crippen molar-refractivity contribution < 1.29 is 9.53 Å². The normalized spacial score (nSPS) is 10.9. The molecule has 1 heterocycles. The quantitative estimate of drug-likeness (QED) is 0.116. The molecular formula is C22H21N7O3S. The third kappa shape index (κ3) is 5.70. The maximum Gasteiger partial charge on any atom is 0.255 e. The van der Waals surface area contributed by atoms with Gasteiger partial charge in [0.15, 0.2) is 0 Å². The van der Waals surface area contributed by atoms with Crippen molar-refractivity contribution in [3.63, 3.8) is 0 Å². The lowest BCUT2D eigenvalue weighted by molar-refractivity contribution is 0.102. The topological polar surface area (TPSA) is 171 Å². The molecule has 3 rings (SSSR count). The molecule has 33 heavy (non-hydrogen) atoms. The molecule has 0 aliphatic rings. The molecule has 0 aliphatic carbocycles. The number of nitrogens with one attached hydrogen (secondary N) is 3. The molecule has 0 saturated heterocycles. The van der Waals surface area contributed by atoms with Crippen LogP contribution in [0.1, 0.15) is 15.9 Å². The number of nitrogens with two attached hydrogens (primary N) is 2. The Bertz CT molecular complexity index is 1280. The molecule has 0 fully saturated rings. The molecule has 1 aromatic heterocycles. The Hall–Kier alpha value is -4.27. The van der Waals surface area contributed by atoms with E-state index in [0.29, 0.717) is 33.2 Å². The van der Waals surface area contributed by atoms with Gasteiger partial charge in [0.1, 0.15) is 17.7 Å². The highest BCUT2D eigenvalue weighted by Crippen LogP contribution is 2.29. The van der Waals surface area contributed by atoms with Crippen molar-refractivity contribution in [3.8, 4) is 22.9 Å². The molecule has 1 amide bonds. The van der Waals surface area contributed by atoms with Gasteiger partial charge in [-0.2, -0.15) is 10.4 Å². The molecule has 0 atom stereocenters. The molecule has 0 radical (unpaired) electrons.